The van der Waals surface area contributed by atoms with E-state index >= 15 is 0 Å². The minimum absolute atomic E-state index is 0.0154. The zero-order valence-corrected chi connectivity index (χ0v) is 22.9. The number of pyridine rings is 1. The minimum atomic E-state index is -4.16. The fourth-order valence-corrected chi connectivity index (χ4v) is 6.46. The lowest BCUT2D eigenvalue weighted by atomic mass is 10.1. The SMILES string of the molecule is O=C(O)c1ccc(OCCNC(=O)[C@@H]2Cc3ccccc3N2S(=O)(=O)c2ccc(-c3ccc(F)cc3Cl)cc2)nc1. The average molecular weight is 596 g/mol. The fourth-order valence-electron chi connectivity index (χ4n) is 4.54. The molecular weight excluding hydrogens is 573 g/mol. The molecule has 1 amide bonds. The number of nitrogens with zero attached hydrogens (tertiary/aromatic N) is 2. The van der Waals surface area contributed by atoms with E-state index in [-0.39, 0.29) is 40.9 Å². The monoisotopic (exact) mass is 595 g/mol. The van der Waals surface area contributed by atoms with Gasteiger partial charge in [0.15, 0.2) is 0 Å². The van der Waals surface area contributed by atoms with Gasteiger partial charge < -0.3 is 15.2 Å². The number of anilines is 1. The number of amides is 1. The van der Waals surface area contributed by atoms with Gasteiger partial charge >= 0.3 is 5.97 Å². The highest BCUT2D eigenvalue weighted by atomic mass is 35.5. The molecule has 210 valence electrons. The number of fused-ring (bicyclic) bond motifs is 1. The summed E-state index contributed by atoms with van der Waals surface area (Å²) in [6, 6.07) is 18.6. The quantitative estimate of drug-likeness (QED) is 0.272. The molecule has 1 aromatic heterocycles. The molecule has 41 heavy (non-hydrogen) atoms. The molecule has 12 heteroatoms. The lowest BCUT2D eigenvalue weighted by Gasteiger charge is -2.26. The molecule has 3 aromatic carbocycles. The number of nitrogens with one attached hydrogen (secondary N) is 1. The second kappa shape index (κ2) is 11.6. The number of carboxylic acids is 1. The molecule has 1 aliphatic rings. The summed E-state index contributed by atoms with van der Waals surface area (Å²) in [6.45, 7) is 0.0973. The number of halogens is 2. The first kappa shape index (κ1) is 28.1. The molecule has 0 spiro atoms. The first-order valence-electron chi connectivity index (χ1n) is 12.4. The van der Waals surface area contributed by atoms with Crippen molar-refractivity contribution in [3.05, 3.63) is 107 Å². The smallest absolute Gasteiger partial charge is 0.337 e. The van der Waals surface area contributed by atoms with Crippen LogP contribution in [0.4, 0.5) is 10.1 Å². The molecule has 1 aliphatic heterocycles. The highest BCUT2D eigenvalue weighted by Crippen LogP contribution is 2.37. The first-order valence-corrected chi connectivity index (χ1v) is 14.2. The second-order valence-corrected chi connectivity index (χ2v) is 11.3. The van der Waals surface area contributed by atoms with Gasteiger partial charge in [-0.15, -0.1) is 0 Å². The number of carbonyl (C=O) groups is 2. The number of para-hydroxylation sites is 1. The van der Waals surface area contributed by atoms with E-state index in [9.17, 15) is 22.4 Å². The maximum absolute atomic E-state index is 13.9. The van der Waals surface area contributed by atoms with E-state index in [0.29, 0.717) is 22.4 Å². The van der Waals surface area contributed by atoms with Crippen LogP contribution in [0.5, 0.6) is 5.88 Å². The van der Waals surface area contributed by atoms with Gasteiger partial charge in [-0.25, -0.2) is 22.6 Å². The number of hydrogen-bond donors (Lipinski definition) is 2. The lowest BCUT2D eigenvalue weighted by Crippen LogP contribution is -2.48. The van der Waals surface area contributed by atoms with Gasteiger partial charge in [0.2, 0.25) is 11.8 Å². The Balaban J connectivity index is 1.31. The van der Waals surface area contributed by atoms with Gasteiger partial charge in [0.05, 0.1) is 27.7 Å². The van der Waals surface area contributed by atoms with Gasteiger partial charge in [-0.3, -0.25) is 9.10 Å². The molecule has 0 bridgehead atoms. The Kier molecular flexibility index (Phi) is 7.91. The van der Waals surface area contributed by atoms with Crippen molar-refractivity contribution in [2.24, 2.45) is 0 Å². The summed E-state index contributed by atoms with van der Waals surface area (Å²) < 4.78 is 47.8. The van der Waals surface area contributed by atoms with Crippen LogP contribution in [0.15, 0.2) is 90.0 Å². The number of carboxylic acid groups (broad SMARTS) is 1. The predicted octanol–water partition coefficient (Wildman–Crippen LogP) is 4.55. The van der Waals surface area contributed by atoms with Crippen molar-refractivity contribution in [1.82, 2.24) is 10.3 Å². The lowest BCUT2D eigenvalue weighted by molar-refractivity contribution is -0.122. The van der Waals surface area contributed by atoms with Gasteiger partial charge in [0.1, 0.15) is 18.5 Å². The number of carbonyl (C=O) groups excluding carboxylic acids is 1. The minimum Gasteiger partial charge on any atom is -0.478 e. The topological polar surface area (TPSA) is 126 Å². The third-order valence-corrected chi connectivity index (χ3v) is 8.67. The number of aromatic carboxylic acids is 1. The maximum Gasteiger partial charge on any atom is 0.337 e. The van der Waals surface area contributed by atoms with Crippen molar-refractivity contribution in [3.8, 4) is 17.0 Å². The standard InChI is InChI=1S/C29H23ClFN3O6S/c30-24-16-21(31)8-11-23(24)18-5-9-22(10-6-18)41(38,39)34-25-4-2-1-3-19(25)15-26(34)28(35)32-13-14-40-27-12-7-20(17-33-27)29(36)37/h1-12,16-17,26H,13-15H2,(H,32,35)(H,36,37)/t26-/m0/s1. The molecule has 9 nitrogen and oxygen atoms in total. The van der Waals surface area contributed by atoms with E-state index in [4.69, 9.17) is 21.4 Å². The van der Waals surface area contributed by atoms with Gasteiger partial charge in [-0.05, 0) is 53.6 Å². The van der Waals surface area contributed by atoms with Crippen molar-refractivity contribution >= 4 is 39.2 Å². The van der Waals surface area contributed by atoms with Gasteiger partial charge in [0.25, 0.3) is 10.0 Å². The predicted molar refractivity (Wildman–Crippen MR) is 150 cm³/mol. The van der Waals surface area contributed by atoms with Gasteiger partial charge in [-0.1, -0.05) is 41.9 Å². The molecule has 0 aliphatic carbocycles. The van der Waals surface area contributed by atoms with Crippen LogP contribution in [0.3, 0.4) is 0 Å². The van der Waals surface area contributed by atoms with Crippen LogP contribution in [-0.2, 0) is 21.2 Å². The molecule has 2 heterocycles. The Morgan fingerprint density at radius 2 is 1.83 bits per heavy atom. The summed E-state index contributed by atoms with van der Waals surface area (Å²) in [5, 5.41) is 11.9. The number of ether oxygens (including phenoxy) is 1. The van der Waals surface area contributed by atoms with Crippen LogP contribution in [0.1, 0.15) is 15.9 Å². The highest BCUT2D eigenvalue weighted by molar-refractivity contribution is 7.93. The summed E-state index contributed by atoms with van der Waals surface area (Å²) in [6.07, 6.45) is 1.35. The number of benzene rings is 3. The summed E-state index contributed by atoms with van der Waals surface area (Å²) in [5.41, 5.74) is 2.30. The summed E-state index contributed by atoms with van der Waals surface area (Å²) >= 11 is 6.17. The van der Waals surface area contributed by atoms with Crippen LogP contribution < -0.4 is 14.4 Å². The summed E-state index contributed by atoms with van der Waals surface area (Å²) in [5.74, 6) is -1.90. The van der Waals surface area contributed by atoms with Crippen LogP contribution in [0.25, 0.3) is 11.1 Å². The molecule has 0 radical (unpaired) electrons. The van der Waals surface area contributed by atoms with Crippen molar-refractivity contribution in [2.75, 3.05) is 17.5 Å². The molecular formula is C29H23ClFN3O6S. The Labute approximate surface area is 240 Å². The number of sulfonamides is 1. The average Bonchev–Trinajstić information content (AvgIpc) is 3.36. The van der Waals surface area contributed by atoms with Crippen molar-refractivity contribution in [3.63, 3.8) is 0 Å². The Morgan fingerprint density at radius 3 is 2.51 bits per heavy atom. The van der Waals surface area contributed by atoms with Crippen molar-refractivity contribution < 1.29 is 32.2 Å². The van der Waals surface area contributed by atoms with Crippen LogP contribution in [-0.4, -0.2) is 49.6 Å². The summed E-state index contributed by atoms with van der Waals surface area (Å²) in [7, 11) is -4.16. The number of rotatable bonds is 9. The van der Waals surface area contributed by atoms with Gasteiger partial charge in [0, 0.05) is 24.2 Å². The zero-order chi connectivity index (χ0) is 29.1. The molecule has 0 fully saturated rings. The number of aromatic nitrogens is 1. The fraction of sp³-hybridized carbons (Fsp3) is 0.138. The largest absolute Gasteiger partial charge is 0.478 e. The molecule has 0 saturated carbocycles. The summed E-state index contributed by atoms with van der Waals surface area (Å²) in [4.78, 5) is 28.1. The van der Waals surface area contributed by atoms with E-state index in [1.807, 2.05) is 0 Å². The zero-order valence-electron chi connectivity index (χ0n) is 21.3. The highest BCUT2D eigenvalue weighted by Gasteiger charge is 2.42. The van der Waals surface area contributed by atoms with Gasteiger partial charge in [-0.2, -0.15) is 0 Å². The molecule has 2 N–H and O–H groups in total. The van der Waals surface area contributed by atoms with E-state index in [0.717, 1.165) is 10.5 Å². The Bertz CT molecular complexity index is 1720. The molecule has 0 unspecified atom stereocenters. The van der Waals surface area contributed by atoms with Crippen LogP contribution in [0, 0.1) is 5.82 Å². The third-order valence-electron chi connectivity index (χ3n) is 6.52. The van der Waals surface area contributed by atoms with E-state index in [2.05, 4.69) is 10.3 Å². The Hall–Kier alpha value is -4.48. The van der Waals surface area contributed by atoms with E-state index in [1.54, 1.807) is 36.4 Å². The molecule has 4 aromatic rings. The van der Waals surface area contributed by atoms with E-state index in [1.165, 1.54) is 42.5 Å². The molecule has 0 saturated heterocycles. The normalized spacial score (nSPS) is 14.4. The van der Waals surface area contributed by atoms with Crippen LogP contribution in [0.2, 0.25) is 5.02 Å². The number of hydrogen-bond acceptors (Lipinski definition) is 6. The first-order chi connectivity index (χ1) is 19.6. The van der Waals surface area contributed by atoms with Crippen molar-refractivity contribution in [2.45, 2.75) is 17.4 Å². The third kappa shape index (κ3) is 5.86. The molecule has 5 rings (SSSR count). The van der Waals surface area contributed by atoms with Crippen LogP contribution >= 0.6 is 11.6 Å². The maximum atomic E-state index is 13.9. The molecule has 1 atom stereocenters. The Morgan fingerprint density at radius 1 is 1.07 bits per heavy atom. The second-order valence-electron chi connectivity index (χ2n) is 9.13. The van der Waals surface area contributed by atoms with E-state index < -0.39 is 33.8 Å². The van der Waals surface area contributed by atoms with Crippen molar-refractivity contribution in [1.29, 1.82) is 0 Å².